The number of ether oxygens (including phenoxy) is 2. The van der Waals surface area contributed by atoms with E-state index in [1.807, 2.05) is 13.8 Å². The number of ketones is 2. The van der Waals surface area contributed by atoms with Crippen LogP contribution in [0.2, 0.25) is 0 Å². The quantitative estimate of drug-likeness (QED) is 0.614. The van der Waals surface area contributed by atoms with Crippen LogP contribution in [0, 0.1) is 28.6 Å². The second-order valence-corrected chi connectivity index (χ2v) is 11.8. The summed E-state index contributed by atoms with van der Waals surface area (Å²) >= 11 is 5.67. The highest BCUT2D eigenvalue weighted by molar-refractivity contribution is 6.31. The molecule has 4 fully saturated rings. The average molecular weight is 473 g/mol. The van der Waals surface area contributed by atoms with E-state index in [4.69, 9.17) is 21.1 Å². The molecule has 0 spiro atoms. The fourth-order valence-corrected chi connectivity index (χ4v) is 8.55. The normalized spacial score (nSPS) is 52.4. The highest BCUT2D eigenvalue weighted by atomic mass is 35.5. The first-order valence-electron chi connectivity index (χ1n) is 11.5. The predicted molar refractivity (Wildman–Crippen MR) is 112 cm³/mol. The van der Waals surface area contributed by atoms with Crippen LogP contribution in [0.3, 0.4) is 0 Å². The van der Waals surface area contributed by atoms with E-state index < -0.39 is 52.0 Å². The van der Waals surface area contributed by atoms with Crippen LogP contribution in [0.25, 0.3) is 0 Å². The Balaban J connectivity index is 1.61. The highest BCUT2D eigenvalue weighted by Gasteiger charge is 2.78. The minimum absolute atomic E-state index is 0.0752. The molecular formula is C24H31ClF2O5. The van der Waals surface area contributed by atoms with E-state index in [9.17, 15) is 19.1 Å². The first kappa shape index (κ1) is 22.9. The van der Waals surface area contributed by atoms with Gasteiger partial charge in [0, 0.05) is 11.8 Å². The number of allylic oxidation sites excluding steroid dienone is 1. The number of fused-ring (bicyclic) bond motifs is 7. The smallest absolute Gasteiger partial charge is 0.234 e. The number of carbonyl (C=O) groups excluding carboxylic acids is 2. The van der Waals surface area contributed by atoms with Crippen molar-refractivity contribution in [1.29, 1.82) is 0 Å². The zero-order valence-electron chi connectivity index (χ0n) is 18.9. The van der Waals surface area contributed by atoms with Crippen LogP contribution in [0.5, 0.6) is 0 Å². The minimum Gasteiger partial charge on any atom is -0.393 e. The van der Waals surface area contributed by atoms with Crippen molar-refractivity contribution in [2.75, 3.05) is 0 Å². The van der Waals surface area contributed by atoms with Gasteiger partial charge in [0.2, 0.25) is 11.4 Å². The Labute approximate surface area is 191 Å². The lowest BCUT2D eigenvalue weighted by atomic mass is 9.45. The molecule has 1 N–H and O–H groups in total. The summed E-state index contributed by atoms with van der Waals surface area (Å²) in [6.07, 6.45) is 0.118. The summed E-state index contributed by atoms with van der Waals surface area (Å²) in [5.74, 6) is -2.80. The second-order valence-electron chi connectivity index (χ2n) is 11.4. The molecule has 5 aliphatic rings. The number of hydrogen-bond donors (Lipinski definition) is 1. The largest absolute Gasteiger partial charge is 0.393 e. The van der Waals surface area contributed by atoms with E-state index in [2.05, 4.69) is 0 Å². The molecule has 1 heterocycles. The van der Waals surface area contributed by atoms with Gasteiger partial charge in [-0.05, 0) is 74.3 Å². The molecule has 5 rings (SSSR count). The van der Waals surface area contributed by atoms with Crippen LogP contribution in [-0.2, 0) is 19.1 Å². The van der Waals surface area contributed by atoms with Crippen molar-refractivity contribution in [3.63, 3.8) is 0 Å². The molecular weight excluding hydrogens is 442 g/mol. The Morgan fingerprint density at radius 1 is 1.28 bits per heavy atom. The minimum atomic E-state index is -2.27. The van der Waals surface area contributed by atoms with Gasteiger partial charge in [0.05, 0.1) is 12.2 Å². The van der Waals surface area contributed by atoms with E-state index in [0.29, 0.717) is 24.8 Å². The Morgan fingerprint density at radius 3 is 2.62 bits per heavy atom. The van der Waals surface area contributed by atoms with Crippen molar-refractivity contribution < 1.29 is 33.0 Å². The van der Waals surface area contributed by atoms with E-state index in [1.165, 1.54) is 6.08 Å². The van der Waals surface area contributed by atoms with Gasteiger partial charge in [0.25, 0.3) is 0 Å². The predicted octanol–water partition coefficient (Wildman–Crippen LogP) is 4.04. The van der Waals surface area contributed by atoms with Gasteiger partial charge in [-0.25, -0.2) is 8.78 Å². The van der Waals surface area contributed by atoms with Crippen molar-refractivity contribution in [1.82, 2.24) is 0 Å². The van der Waals surface area contributed by atoms with Gasteiger partial charge in [0.1, 0.15) is 6.17 Å². The van der Waals surface area contributed by atoms with Gasteiger partial charge in [-0.15, -0.1) is 0 Å². The fraction of sp³-hybridized carbons (Fsp3) is 0.833. The van der Waals surface area contributed by atoms with Gasteiger partial charge in [0.15, 0.2) is 17.2 Å². The molecule has 0 aromatic carbocycles. The standard InChI is InChI=1S/C24H31ClF2O5/c1-21(2)31-17-9-13-12-8-15(26)14-7-11(28)5-6-22(14,3)18(12)16(29)10-23(13,4)24(17,32-21)19(30)20(25)27/h7,12-13,15-18,20,29H,5-6,8-10H2,1-4H3/t12-,13-,15-,16-,17+,18+,20?,22-,23-,24-/m0/s1. The van der Waals surface area contributed by atoms with Crippen molar-refractivity contribution in [3.05, 3.63) is 11.6 Å². The first-order chi connectivity index (χ1) is 14.8. The summed E-state index contributed by atoms with van der Waals surface area (Å²) in [7, 11) is 0. The number of Topliss-reactive ketones (excluding diaryl/α,β-unsaturated/α-hetero) is 1. The van der Waals surface area contributed by atoms with Crippen molar-refractivity contribution in [3.8, 4) is 0 Å². The summed E-state index contributed by atoms with van der Waals surface area (Å²) in [5.41, 5.74) is -5.02. The molecule has 1 unspecified atom stereocenters. The van der Waals surface area contributed by atoms with Gasteiger partial charge < -0.3 is 14.6 Å². The third-order valence-electron chi connectivity index (χ3n) is 9.43. The van der Waals surface area contributed by atoms with Crippen LogP contribution in [-0.4, -0.2) is 52.1 Å². The van der Waals surface area contributed by atoms with Crippen LogP contribution in [0.1, 0.15) is 59.8 Å². The molecule has 0 aromatic heterocycles. The SMILES string of the molecule is CC1(C)O[C@@H]2C[C@H]3[C@@H]4C[C@H](F)C5=CC(=O)CC[C@]5(C)[C@H]4[C@@H](O)C[C@]3(C)[C@]2(C(=O)C(F)Cl)O1. The topological polar surface area (TPSA) is 72.8 Å². The summed E-state index contributed by atoms with van der Waals surface area (Å²) in [6, 6.07) is 0. The maximum absolute atomic E-state index is 15.5. The van der Waals surface area contributed by atoms with Crippen molar-refractivity contribution in [2.24, 2.45) is 28.6 Å². The van der Waals surface area contributed by atoms with Crippen LogP contribution in [0.15, 0.2) is 11.6 Å². The molecule has 0 aromatic rings. The molecule has 1 aliphatic heterocycles. The molecule has 0 radical (unpaired) electrons. The number of alkyl halides is 3. The summed E-state index contributed by atoms with van der Waals surface area (Å²) in [6.45, 7) is 7.14. The number of rotatable bonds is 2. The molecule has 0 amide bonds. The fourth-order valence-electron chi connectivity index (χ4n) is 8.39. The van der Waals surface area contributed by atoms with Gasteiger partial charge in [-0.1, -0.05) is 25.4 Å². The molecule has 5 nitrogen and oxygen atoms in total. The molecule has 32 heavy (non-hydrogen) atoms. The third kappa shape index (κ3) is 2.71. The summed E-state index contributed by atoms with van der Waals surface area (Å²) < 4.78 is 42.1. The number of aliphatic hydroxyl groups is 1. The Morgan fingerprint density at radius 2 is 1.97 bits per heavy atom. The third-order valence-corrected chi connectivity index (χ3v) is 9.63. The monoisotopic (exact) mass is 472 g/mol. The van der Waals surface area contributed by atoms with Crippen LogP contribution >= 0.6 is 11.6 Å². The first-order valence-corrected chi connectivity index (χ1v) is 12.0. The number of halogens is 3. The average Bonchev–Trinajstić information content (AvgIpc) is 3.08. The summed E-state index contributed by atoms with van der Waals surface area (Å²) in [5, 5.41) is 11.5. The molecule has 1 saturated heterocycles. The van der Waals surface area contributed by atoms with Crippen molar-refractivity contribution in [2.45, 2.75) is 95.2 Å². The maximum Gasteiger partial charge on any atom is 0.234 e. The zero-order chi connectivity index (χ0) is 23.4. The van der Waals surface area contributed by atoms with E-state index in [-0.39, 0.29) is 36.4 Å². The Hall–Kier alpha value is -0.890. The lowest BCUT2D eigenvalue weighted by molar-refractivity contribution is -0.228. The molecule has 0 bridgehead atoms. The van der Waals surface area contributed by atoms with E-state index in [0.717, 1.165) is 0 Å². The van der Waals surface area contributed by atoms with E-state index in [1.54, 1.807) is 13.8 Å². The molecule has 178 valence electrons. The molecule has 10 atom stereocenters. The Bertz CT molecular complexity index is 905. The number of carbonyl (C=O) groups is 2. The molecule has 8 heteroatoms. The number of aliphatic hydroxyl groups excluding tert-OH is 1. The van der Waals surface area contributed by atoms with Crippen LogP contribution < -0.4 is 0 Å². The molecule has 3 saturated carbocycles. The second kappa shape index (κ2) is 6.83. The number of hydrogen-bond acceptors (Lipinski definition) is 5. The zero-order valence-corrected chi connectivity index (χ0v) is 19.6. The van der Waals surface area contributed by atoms with Crippen molar-refractivity contribution >= 4 is 23.2 Å². The lowest BCUT2D eigenvalue weighted by Gasteiger charge is -2.61. The molecule has 4 aliphatic carbocycles. The van der Waals surface area contributed by atoms with Crippen LogP contribution in [0.4, 0.5) is 8.78 Å². The lowest BCUT2D eigenvalue weighted by Crippen LogP contribution is -2.65. The highest BCUT2D eigenvalue weighted by Crippen LogP contribution is 2.71. The maximum atomic E-state index is 15.5. The van der Waals surface area contributed by atoms with E-state index >= 15 is 4.39 Å². The summed E-state index contributed by atoms with van der Waals surface area (Å²) in [4.78, 5) is 25.3. The van der Waals surface area contributed by atoms with Gasteiger partial charge in [-0.2, -0.15) is 0 Å². The van der Waals surface area contributed by atoms with Gasteiger partial charge >= 0.3 is 0 Å². The van der Waals surface area contributed by atoms with Gasteiger partial charge in [-0.3, -0.25) is 9.59 Å². The Kier molecular flexibility index (Phi) is 4.89.